The lowest BCUT2D eigenvalue weighted by atomic mass is 9.87. The molecule has 1 aromatic carbocycles. The van der Waals surface area contributed by atoms with Crippen LogP contribution in [0.5, 0.6) is 0 Å². The van der Waals surface area contributed by atoms with Crippen molar-refractivity contribution in [3.63, 3.8) is 0 Å². The van der Waals surface area contributed by atoms with Crippen LogP contribution in [0.3, 0.4) is 0 Å². The van der Waals surface area contributed by atoms with Gasteiger partial charge in [0.25, 0.3) is 0 Å². The lowest BCUT2D eigenvalue weighted by Crippen LogP contribution is -2.40. The van der Waals surface area contributed by atoms with Crippen molar-refractivity contribution in [2.45, 2.75) is 59.0 Å². The number of pyridine rings is 2. The summed E-state index contributed by atoms with van der Waals surface area (Å²) in [6, 6.07) is 15.4. The first-order valence-electron chi connectivity index (χ1n) is 10.0. The number of rotatable bonds is 2. The molecule has 3 heterocycles. The minimum absolute atomic E-state index is 0.0526. The number of fused-ring (bicyclic) bond motifs is 2. The summed E-state index contributed by atoms with van der Waals surface area (Å²) in [5, 5.41) is 2.53. The summed E-state index contributed by atoms with van der Waals surface area (Å²) in [6.45, 7) is 14.4. The molecule has 0 fully saturated rings. The molecular formula is C25H30N3+. The predicted octanol–water partition coefficient (Wildman–Crippen LogP) is 5.58. The summed E-state index contributed by atoms with van der Waals surface area (Å²) in [5.41, 5.74) is 5.26. The molecule has 0 amide bonds. The molecule has 0 spiro atoms. The van der Waals surface area contributed by atoms with E-state index in [9.17, 15) is 0 Å². The van der Waals surface area contributed by atoms with Gasteiger partial charge in [-0.3, -0.25) is 9.55 Å². The van der Waals surface area contributed by atoms with E-state index in [4.69, 9.17) is 0 Å². The van der Waals surface area contributed by atoms with Crippen molar-refractivity contribution < 1.29 is 4.57 Å². The summed E-state index contributed by atoms with van der Waals surface area (Å²) in [6.07, 6.45) is 6.18. The van der Waals surface area contributed by atoms with Gasteiger partial charge < -0.3 is 0 Å². The van der Waals surface area contributed by atoms with Crippen LogP contribution in [0, 0.1) is 0 Å². The lowest BCUT2D eigenvalue weighted by molar-refractivity contribution is -0.676. The Morgan fingerprint density at radius 2 is 1.64 bits per heavy atom. The first kappa shape index (κ1) is 18.7. The van der Waals surface area contributed by atoms with Gasteiger partial charge in [-0.05, 0) is 29.7 Å². The molecule has 4 aromatic rings. The molecule has 0 aliphatic rings. The van der Waals surface area contributed by atoms with E-state index in [2.05, 4.69) is 104 Å². The first-order valence-corrected chi connectivity index (χ1v) is 10.0. The van der Waals surface area contributed by atoms with Gasteiger partial charge in [0.2, 0.25) is 12.2 Å². The second-order valence-corrected chi connectivity index (χ2v) is 9.79. The molecule has 4 rings (SSSR count). The maximum atomic E-state index is 4.40. The smallest absolute Gasteiger partial charge is 0.228 e. The zero-order valence-electron chi connectivity index (χ0n) is 17.8. The van der Waals surface area contributed by atoms with Gasteiger partial charge in [0, 0.05) is 39.7 Å². The van der Waals surface area contributed by atoms with Crippen LogP contribution in [0.1, 0.15) is 52.8 Å². The van der Waals surface area contributed by atoms with E-state index in [1.165, 1.54) is 33.1 Å². The Kier molecular flexibility index (Phi) is 4.29. The van der Waals surface area contributed by atoms with Crippen molar-refractivity contribution in [3.8, 4) is 0 Å². The molecule has 3 aromatic heterocycles. The highest BCUT2D eigenvalue weighted by Gasteiger charge is 2.25. The Balaban J connectivity index is 1.96. The highest BCUT2D eigenvalue weighted by molar-refractivity contribution is 5.81. The predicted molar refractivity (Wildman–Crippen MR) is 117 cm³/mol. The third-order valence-electron chi connectivity index (χ3n) is 5.49. The van der Waals surface area contributed by atoms with Crippen LogP contribution >= 0.6 is 0 Å². The van der Waals surface area contributed by atoms with E-state index in [0.29, 0.717) is 0 Å². The minimum atomic E-state index is 0.0526. The van der Waals surface area contributed by atoms with E-state index in [0.717, 1.165) is 6.67 Å². The fraction of sp³-hybridized carbons (Fsp3) is 0.360. The van der Waals surface area contributed by atoms with Gasteiger partial charge in [0.05, 0.1) is 11.7 Å². The standard InChI is InChI=1S/C25H30N3/c1-24(2,3)20-13-18-9-7-8-10-21(18)27(16-20)17-28-22-15-26-12-11-19(22)14-23(28)25(4,5)6/h7-16H,17H2,1-6H3/q+1. The third-order valence-corrected chi connectivity index (χ3v) is 5.49. The lowest BCUT2D eigenvalue weighted by Gasteiger charge is -2.22. The van der Waals surface area contributed by atoms with Crippen LogP contribution < -0.4 is 4.57 Å². The number of hydrogen-bond acceptors (Lipinski definition) is 1. The van der Waals surface area contributed by atoms with E-state index < -0.39 is 0 Å². The molecular weight excluding hydrogens is 342 g/mol. The van der Waals surface area contributed by atoms with E-state index in [1.54, 1.807) is 0 Å². The Bertz CT molecular complexity index is 1150. The summed E-state index contributed by atoms with van der Waals surface area (Å²) >= 11 is 0. The molecule has 0 bridgehead atoms. The molecule has 0 aliphatic carbocycles. The molecule has 144 valence electrons. The number of benzene rings is 1. The highest BCUT2D eigenvalue weighted by atomic mass is 15.2. The second-order valence-electron chi connectivity index (χ2n) is 9.79. The summed E-state index contributed by atoms with van der Waals surface area (Å²) in [4.78, 5) is 4.40. The zero-order valence-corrected chi connectivity index (χ0v) is 17.8. The quantitative estimate of drug-likeness (QED) is 0.421. The number of nitrogens with zero attached hydrogens (tertiary/aromatic N) is 3. The Hall–Kier alpha value is -2.68. The van der Waals surface area contributed by atoms with Gasteiger partial charge in [-0.1, -0.05) is 53.7 Å². The van der Waals surface area contributed by atoms with Crippen molar-refractivity contribution in [1.82, 2.24) is 9.55 Å². The van der Waals surface area contributed by atoms with E-state index >= 15 is 0 Å². The van der Waals surface area contributed by atoms with Crippen LogP contribution in [0.4, 0.5) is 0 Å². The fourth-order valence-corrected chi connectivity index (χ4v) is 3.87. The second kappa shape index (κ2) is 6.44. The van der Waals surface area contributed by atoms with Crippen LogP contribution in [-0.4, -0.2) is 9.55 Å². The fourth-order valence-electron chi connectivity index (χ4n) is 3.87. The Morgan fingerprint density at radius 3 is 2.36 bits per heavy atom. The summed E-state index contributed by atoms with van der Waals surface area (Å²) in [7, 11) is 0. The van der Waals surface area contributed by atoms with Crippen molar-refractivity contribution in [2.75, 3.05) is 0 Å². The van der Waals surface area contributed by atoms with Crippen LogP contribution in [0.2, 0.25) is 0 Å². The van der Waals surface area contributed by atoms with Crippen LogP contribution in [0.15, 0.2) is 61.1 Å². The Morgan fingerprint density at radius 1 is 0.893 bits per heavy atom. The molecule has 0 saturated heterocycles. The van der Waals surface area contributed by atoms with Gasteiger partial charge in [-0.25, -0.2) is 0 Å². The molecule has 3 heteroatoms. The van der Waals surface area contributed by atoms with Crippen molar-refractivity contribution in [3.05, 3.63) is 72.3 Å². The van der Waals surface area contributed by atoms with Gasteiger partial charge in [0.15, 0.2) is 6.20 Å². The number of aromatic nitrogens is 3. The molecule has 0 saturated carbocycles. The average Bonchev–Trinajstić information content (AvgIpc) is 3.00. The summed E-state index contributed by atoms with van der Waals surface area (Å²) < 4.78 is 4.80. The van der Waals surface area contributed by atoms with Gasteiger partial charge in [-0.2, -0.15) is 4.57 Å². The van der Waals surface area contributed by atoms with Gasteiger partial charge >= 0.3 is 0 Å². The minimum Gasteiger partial charge on any atom is -0.287 e. The number of hydrogen-bond donors (Lipinski definition) is 0. The molecule has 0 N–H and O–H groups in total. The third kappa shape index (κ3) is 3.30. The maximum Gasteiger partial charge on any atom is 0.228 e. The average molecular weight is 373 g/mol. The molecule has 3 nitrogen and oxygen atoms in total. The molecule has 0 aliphatic heterocycles. The zero-order chi connectivity index (χ0) is 20.1. The van der Waals surface area contributed by atoms with E-state index in [-0.39, 0.29) is 10.8 Å². The topological polar surface area (TPSA) is 21.7 Å². The first-order chi connectivity index (χ1) is 13.1. The normalized spacial score (nSPS) is 12.8. The van der Waals surface area contributed by atoms with Crippen molar-refractivity contribution in [1.29, 1.82) is 0 Å². The van der Waals surface area contributed by atoms with Crippen LogP contribution in [0.25, 0.3) is 21.8 Å². The monoisotopic (exact) mass is 372 g/mol. The maximum absolute atomic E-state index is 4.40. The molecule has 0 unspecified atom stereocenters. The SMILES string of the molecule is CC(C)(C)c1cc2ccccc2[n+](Cn2c(C(C)(C)C)cc3ccncc32)c1. The largest absolute Gasteiger partial charge is 0.287 e. The van der Waals surface area contributed by atoms with Gasteiger partial charge in [0.1, 0.15) is 0 Å². The molecule has 0 radical (unpaired) electrons. The van der Waals surface area contributed by atoms with Crippen molar-refractivity contribution >= 4 is 21.8 Å². The van der Waals surface area contributed by atoms with Crippen molar-refractivity contribution in [2.24, 2.45) is 0 Å². The summed E-state index contributed by atoms with van der Waals surface area (Å²) in [5.74, 6) is 0. The highest BCUT2D eigenvalue weighted by Crippen LogP contribution is 2.29. The molecule has 0 atom stereocenters. The van der Waals surface area contributed by atoms with Gasteiger partial charge in [-0.15, -0.1) is 0 Å². The van der Waals surface area contributed by atoms with E-state index in [1.807, 2.05) is 12.4 Å². The Labute approximate surface area is 167 Å². The molecule has 28 heavy (non-hydrogen) atoms. The van der Waals surface area contributed by atoms with Crippen LogP contribution in [-0.2, 0) is 17.5 Å². The number of para-hydroxylation sites is 1.